The number of phenolic OH excluding ortho intramolecular Hbond substituents is 1. The van der Waals surface area contributed by atoms with Crippen LogP contribution in [0.3, 0.4) is 0 Å². The summed E-state index contributed by atoms with van der Waals surface area (Å²) in [5.41, 5.74) is 1.23. The summed E-state index contributed by atoms with van der Waals surface area (Å²) in [5.74, 6) is 0.785. The van der Waals surface area contributed by atoms with E-state index in [-0.39, 0.29) is 5.75 Å². The standard InChI is InChI=1S/C11H11NO3/c1-12-7(6-13)5-8-9(14)3-4-10(15-2)11(8)12/h3-6,14H,1-2H3. The molecule has 78 valence electrons. The van der Waals surface area contributed by atoms with E-state index in [0.717, 1.165) is 11.8 Å². The van der Waals surface area contributed by atoms with Gasteiger partial charge in [0.05, 0.1) is 18.3 Å². The molecule has 2 aromatic rings. The molecule has 0 aliphatic carbocycles. The predicted octanol–water partition coefficient (Wildman–Crippen LogP) is 1.70. The summed E-state index contributed by atoms with van der Waals surface area (Å²) >= 11 is 0. The molecule has 0 aliphatic rings. The molecule has 2 rings (SSSR count). The van der Waals surface area contributed by atoms with Crippen molar-refractivity contribution in [2.24, 2.45) is 7.05 Å². The molecule has 0 radical (unpaired) electrons. The van der Waals surface area contributed by atoms with Crippen molar-refractivity contribution in [1.29, 1.82) is 0 Å². The van der Waals surface area contributed by atoms with E-state index in [9.17, 15) is 9.90 Å². The highest BCUT2D eigenvalue weighted by Crippen LogP contribution is 2.33. The van der Waals surface area contributed by atoms with E-state index < -0.39 is 0 Å². The molecule has 0 amide bonds. The summed E-state index contributed by atoms with van der Waals surface area (Å²) in [6, 6.07) is 4.86. The number of hydrogen-bond acceptors (Lipinski definition) is 3. The molecular weight excluding hydrogens is 194 g/mol. The average Bonchev–Trinajstić information content (AvgIpc) is 2.58. The number of nitrogens with zero attached hydrogens (tertiary/aromatic N) is 1. The van der Waals surface area contributed by atoms with E-state index in [1.165, 1.54) is 0 Å². The Morgan fingerprint density at radius 3 is 2.80 bits per heavy atom. The van der Waals surface area contributed by atoms with E-state index in [4.69, 9.17) is 4.74 Å². The number of benzene rings is 1. The first-order valence-corrected chi connectivity index (χ1v) is 4.49. The van der Waals surface area contributed by atoms with Gasteiger partial charge >= 0.3 is 0 Å². The summed E-state index contributed by atoms with van der Waals surface area (Å²) in [7, 11) is 3.31. The monoisotopic (exact) mass is 205 g/mol. The fraction of sp³-hybridized carbons (Fsp3) is 0.182. The van der Waals surface area contributed by atoms with Crippen molar-refractivity contribution >= 4 is 17.2 Å². The number of carbonyl (C=O) groups excluding carboxylic acids is 1. The minimum Gasteiger partial charge on any atom is -0.507 e. The zero-order valence-corrected chi connectivity index (χ0v) is 8.52. The van der Waals surface area contributed by atoms with E-state index in [1.54, 1.807) is 36.9 Å². The van der Waals surface area contributed by atoms with Gasteiger partial charge in [-0.1, -0.05) is 0 Å². The Morgan fingerprint density at radius 1 is 1.47 bits per heavy atom. The molecule has 4 nitrogen and oxygen atoms in total. The zero-order chi connectivity index (χ0) is 11.0. The van der Waals surface area contributed by atoms with Gasteiger partial charge in [0, 0.05) is 12.4 Å². The molecule has 0 saturated carbocycles. The van der Waals surface area contributed by atoms with Crippen LogP contribution < -0.4 is 4.74 Å². The van der Waals surface area contributed by atoms with Crippen LogP contribution in [0.25, 0.3) is 10.9 Å². The zero-order valence-electron chi connectivity index (χ0n) is 8.52. The van der Waals surface area contributed by atoms with Crippen LogP contribution in [0.1, 0.15) is 10.5 Å². The number of ether oxygens (including phenoxy) is 1. The van der Waals surface area contributed by atoms with Crippen LogP contribution in [0, 0.1) is 0 Å². The number of aromatic nitrogens is 1. The van der Waals surface area contributed by atoms with Crippen LogP contribution in [-0.4, -0.2) is 23.1 Å². The van der Waals surface area contributed by atoms with Crippen LogP contribution >= 0.6 is 0 Å². The van der Waals surface area contributed by atoms with E-state index in [0.29, 0.717) is 16.8 Å². The fourth-order valence-electron chi connectivity index (χ4n) is 1.72. The van der Waals surface area contributed by atoms with E-state index in [2.05, 4.69) is 0 Å². The second-order valence-electron chi connectivity index (χ2n) is 3.30. The Kier molecular flexibility index (Phi) is 2.11. The maximum atomic E-state index is 10.8. The van der Waals surface area contributed by atoms with Crippen LogP contribution in [0.2, 0.25) is 0 Å². The highest BCUT2D eigenvalue weighted by Gasteiger charge is 2.12. The third-order valence-corrected chi connectivity index (χ3v) is 2.51. The summed E-state index contributed by atoms with van der Waals surface area (Å²) in [5, 5.41) is 10.3. The summed E-state index contributed by atoms with van der Waals surface area (Å²) < 4.78 is 6.87. The van der Waals surface area contributed by atoms with Gasteiger partial charge in [-0.25, -0.2) is 0 Å². The maximum Gasteiger partial charge on any atom is 0.166 e. The predicted molar refractivity (Wildman–Crippen MR) is 56.5 cm³/mol. The fourth-order valence-corrected chi connectivity index (χ4v) is 1.72. The highest BCUT2D eigenvalue weighted by molar-refractivity contribution is 5.96. The minimum absolute atomic E-state index is 0.148. The molecule has 1 heterocycles. The van der Waals surface area contributed by atoms with Gasteiger partial charge in [0.25, 0.3) is 0 Å². The van der Waals surface area contributed by atoms with Gasteiger partial charge in [-0.2, -0.15) is 0 Å². The number of rotatable bonds is 2. The third kappa shape index (κ3) is 1.26. The molecule has 15 heavy (non-hydrogen) atoms. The third-order valence-electron chi connectivity index (χ3n) is 2.51. The molecule has 1 N–H and O–H groups in total. The first-order valence-electron chi connectivity index (χ1n) is 4.49. The molecule has 0 spiro atoms. The second-order valence-corrected chi connectivity index (χ2v) is 3.30. The summed E-state index contributed by atoms with van der Waals surface area (Å²) in [4.78, 5) is 10.8. The maximum absolute atomic E-state index is 10.8. The number of fused-ring (bicyclic) bond motifs is 1. The summed E-state index contributed by atoms with van der Waals surface area (Å²) in [6.07, 6.45) is 0.749. The SMILES string of the molecule is COc1ccc(O)c2cc(C=O)n(C)c12. The molecular formula is C11H11NO3. The van der Waals surface area contributed by atoms with Gasteiger partial charge < -0.3 is 14.4 Å². The molecule has 1 aromatic heterocycles. The highest BCUT2D eigenvalue weighted by atomic mass is 16.5. The number of aldehydes is 1. The number of aromatic hydroxyl groups is 1. The van der Waals surface area contributed by atoms with Crippen molar-refractivity contribution in [2.45, 2.75) is 0 Å². The molecule has 0 saturated heterocycles. The lowest BCUT2D eigenvalue weighted by Crippen LogP contribution is -1.95. The Bertz CT molecular complexity index is 528. The molecule has 0 atom stereocenters. The number of phenols is 1. The Hall–Kier alpha value is -1.97. The van der Waals surface area contributed by atoms with Crippen molar-refractivity contribution < 1.29 is 14.6 Å². The van der Waals surface area contributed by atoms with E-state index in [1.807, 2.05) is 0 Å². The van der Waals surface area contributed by atoms with Gasteiger partial charge in [0.2, 0.25) is 0 Å². The van der Waals surface area contributed by atoms with Gasteiger partial charge in [-0.3, -0.25) is 4.79 Å². The topological polar surface area (TPSA) is 51.5 Å². The second kappa shape index (κ2) is 3.31. The van der Waals surface area contributed by atoms with Gasteiger partial charge in [-0.15, -0.1) is 0 Å². The first-order chi connectivity index (χ1) is 7.19. The van der Waals surface area contributed by atoms with Crippen LogP contribution in [0.15, 0.2) is 18.2 Å². The Labute approximate surface area is 86.7 Å². The smallest absolute Gasteiger partial charge is 0.166 e. The number of methoxy groups -OCH3 is 1. The molecule has 0 aliphatic heterocycles. The molecule has 4 heteroatoms. The van der Waals surface area contributed by atoms with Gasteiger partial charge in [0.1, 0.15) is 11.5 Å². The minimum atomic E-state index is 0.148. The van der Waals surface area contributed by atoms with Crippen LogP contribution in [0.4, 0.5) is 0 Å². The quantitative estimate of drug-likeness (QED) is 0.759. The lowest BCUT2D eigenvalue weighted by molar-refractivity contribution is 0.111. The number of aryl methyl sites for hydroxylation is 1. The number of carbonyl (C=O) groups is 1. The first kappa shape index (κ1) is 9.58. The molecule has 1 aromatic carbocycles. The van der Waals surface area contributed by atoms with Crippen molar-refractivity contribution in [3.63, 3.8) is 0 Å². The van der Waals surface area contributed by atoms with Crippen molar-refractivity contribution in [1.82, 2.24) is 4.57 Å². The van der Waals surface area contributed by atoms with Crippen LogP contribution in [0.5, 0.6) is 11.5 Å². The average molecular weight is 205 g/mol. The Morgan fingerprint density at radius 2 is 2.20 bits per heavy atom. The van der Waals surface area contributed by atoms with Gasteiger partial charge in [-0.05, 0) is 18.2 Å². The normalized spacial score (nSPS) is 10.5. The van der Waals surface area contributed by atoms with Crippen LogP contribution in [-0.2, 0) is 7.05 Å². The lowest BCUT2D eigenvalue weighted by Gasteiger charge is -2.05. The van der Waals surface area contributed by atoms with E-state index >= 15 is 0 Å². The largest absolute Gasteiger partial charge is 0.507 e. The molecule has 0 unspecified atom stereocenters. The van der Waals surface area contributed by atoms with Gasteiger partial charge in [0.15, 0.2) is 6.29 Å². The molecule has 0 fully saturated rings. The number of hydrogen-bond donors (Lipinski definition) is 1. The molecule has 0 bridgehead atoms. The van der Waals surface area contributed by atoms with Crippen molar-refractivity contribution in [3.8, 4) is 11.5 Å². The summed E-state index contributed by atoms with van der Waals surface area (Å²) in [6.45, 7) is 0. The Balaban J connectivity index is 2.91. The van der Waals surface area contributed by atoms with Crippen molar-refractivity contribution in [3.05, 3.63) is 23.9 Å². The lowest BCUT2D eigenvalue weighted by atomic mass is 10.2. The van der Waals surface area contributed by atoms with Crippen molar-refractivity contribution in [2.75, 3.05) is 7.11 Å².